The van der Waals surface area contributed by atoms with Crippen LogP contribution in [0.3, 0.4) is 0 Å². The van der Waals surface area contributed by atoms with E-state index >= 15 is 0 Å². The lowest BCUT2D eigenvalue weighted by Gasteiger charge is -2.14. The molecular weight excluding hydrogens is 330 g/mol. The number of hydrogen-bond acceptors (Lipinski definition) is 3. The Labute approximate surface area is 136 Å². The monoisotopic (exact) mass is 355 g/mol. The summed E-state index contributed by atoms with van der Waals surface area (Å²) in [6.45, 7) is 8.60. The first-order valence-corrected chi connectivity index (χ1v) is 8.08. The lowest BCUT2D eigenvalue weighted by Crippen LogP contribution is -2.20. The Balaban J connectivity index is 2.77. The average molecular weight is 356 g/mol. The van der Waals surface area contributed by atoms with E-state index in [1.165, 1.54) is 5.57 Å². The van der Waals surface area contributed by atoms with Crippen molar-refractivity contribution in [1.82, 2.24) is 5.32 Å². The summed E-state index contributed by atoms with van der Waals surface area (Å²) in [5.74, 6) is 2.29. The number of benzene rings is 1. The van der Waals surface area contributed by atoms with E-state index in [-0.39, 0.29) is 0 Å². The first-order chi connectivity index (χ1) is 10.0. The molecule has 0 unspecified atom stereocenters. The van der Waals surface area contributed by atoms with E-state index in [0.717, 1.165) is 41.0 Å². The molecule has 0 radical (unpaired) electrons. The molecule has 0 saturated heterocycles. The molecule has 21 heavy (non-hydrogen) atoms. The summed E-state index contributed by atoms with van der Waals surface area (Å²) in [6, 6.07) is 3.99. The van der Waals surface area contributed by atoms with Crippen LogP contribution in [0.25, 0.3) is 5.57 Å². The van der Waals surface area contributed by atoms with Crippen molar-refractivity contribution in [1.29, 1.82) is 0 Å². The average Bonchev–Trinajstić information content (AvgIpc) is 2.45. The molecule has 0 heterocycles. The highest BCUT2D eigenvalue weighted by Gasteiger charge is 2.13. The van der Waals surface area contributed by atoms with Gasteiger partial charge in [-0.3, -0.25) is 0 Å². The molecule has 0 aliphatic carbocycles. The SMILES string of the molecule is COc1ccc(/C(C)=C/CCNCC(C)C)c(OC)c1Br. The van der Waals surface area contributed by atoms with Gasteiger partial charge in [0.15, 0.2) is 0 Å². The van der Waals surface area contributed by atoms with E-state index in [9.17, 15) is 0 Å². The number of ether oxygens (including phenoxy) is 2. The largest absolute Gasteiger partial charge is 0.495 e. The van der Waals surface area contributed by atoms with Crippen LogP contribution in [-0.4, -0.2) is 27.3 Å². The number of hydrogen-bond donors (Lipinski definition) is 1. The molecule has 3 nitrogen and oxygen atoms in total. The molecule has 0 aliphatic heterocycles. The Kier molecular flexibility index (Phi) is 7.83. The lowest BCUT2D eigenvalue weighted by atomic mass is 10.0. The van der Waals surface area contributed by atoms with Crippen molar-refractivity contribution >= 4 is 21.5 Å². The van der Waals surface area contributed by atoms with Crippen LogP contribution in [0, 0.1) is 5.92 Å². The highest BCUT2D eigenvalue weighted by Crippen LogP contribution is 2.39. The first kappa shape index (κ1) is 18.1. The van der Waals surface area contributed by atoms with E-state index in [1.54, 1.807) is 14.2 Å². The third-order valence-electron chi connectivity index (χ3n) is 3.23. The van der Waals surface area contributed by atoms with Gasteiger partial charge < -0.3 is 14.8 Å². The second-order valence-corrected chi connectivity index (χ2v) is 6.23. The zero-order chi connectivity index (χ0) is 15.8. The number of nitrogens with one attached hydrogen (secondary N) is 1. The van der Waals surface area contributed by atoms with E-state index in [4.69, 9.17) is 9.47 Å². The lowest BCUT2D eigenvalue weighted by molar-refractivity contribution is 0.388. The fourth-order valence-electron chi connectivity index (χ4n) is 2.10. The van der Waals surface area contributed by atoms with E-state index < -0.39 is 0 Å². The van der Waals surface area contributed by atoms with Gasteiger partial charge in [0, 0.05) is 5.56 Å². The van der Waals surface area contributed by atoms with E-state index in [2.05, 4.69) is 48.1 Å². The summed E-state index contributed by atoms with van der Waals surface area (Å²) in [6.07, 6.45) is 3.25. The summed E-state index contributed by atoms with van der Waals surface area (Å²) in [5.41, 5.74) is 2.30. The summed E-state index contributed by atoms with van der Waals surface area (Å²) in [4.78, 5) is 0. The van der Waals surface area contributed by atoms with Crippen LogP contribution in [0.4, 0.5) is 0 Å². The number of halogens is 1. The minimum atomic E-state index is 0.688. The Bertz CT molecular complexity index is 484. The minimum absolute atomic E-state index is 0.688. The minimum Gasteiger partial charge on any atom is -0.495 e. The van der Waals surface area contributed by atoms with Crippen LogP contribution >= 0.6 is 15.9 Å². The van der Waals surface area contributed by atoms with Gasteiger partial charge in [-0.1, -0.05) is 19.9 Å². The van der Waals surface area contributed by atoms with Gasteiger partial charge in [-0.05, 0) is 66.0 Å². The van der Waals surface area contributed by atoms with Crippen molar-refractivity contribution in [2.24, 2.45) is 5.92 Å². The molecule has 0 atom stereocenters. The maximum atomic E-state index is 5.52. The van der Waals surface area contributed by atoms with Crippen LogP contribution < -0.4 is 14.8 Å². The van der Waals surface area contributed by atoms with Crippen LogP contribution in [0.5, 0.6) is 11.5 Å². The topological polar surface area (TPSA) is 30.5 Å². The molecule has 1 aromatic rings. The molecule has 0 bridgehead atoms. The van der Waals surface area contributed by atoms with Crippen molar-refractivity contribution < 1.29 is 9.47 Å². The van der Waals surface area contributed by atoms with Crippen LogP contribution in [-0.2, 0) is 0 Å². The Morgan fingerprint density at radius 3 is 2.57 bits per heavy atom. The maximum absolute atomic E-state index is 5.52. The molecule has 1 N–H and O–H groups in total. The molecule has 0 spiro atoms. The summed E-state index contributed by atoms with van der Waals surface area (Å²) in [7, 11) is 3.34. The number of rotatable bonds is 8. The van der Waals surface area contributed by atoms with Gasteiger partial charge in [-0.15, -0.1) is 0 Å². The third-order valence-corrected chi connectivity index (χ3v) is 3.99. The number of allylic oxidation sites excluding steroid dienone is 1. The highest BCUT2D eigenvalue weighted by atomic mass is 79.9. The van der Waals surface area contributed by atoms with Crippen molar-refractivity contribution in [3.05, 3.63) is 28.2 Å². The van der Waals surface area contributed by atoms with Crippen LogP contribution in [0.2, 0.25) is 0 Å². The second kappa shape index (κ2) is 9.11. The quantitative estimate of drug-likeness (QED) is 0.696. The van der Waals surface area contributed by atoms with Crippen LogP contribution in [0.15, 0.2) is 22.7 Å². The molecule has 0 amide bonds. The maximum Gasteiger partial charge on any atom is 0.144 e. The zero-order valence-corrected chi connectivity index (χ0v) is 15.2. The molecule has 1 rings (SSSR count). The predicted molar refractivity (Wildman–Crippen MR) is 93.2 cm³/mol. The van der Waals surface area contributed by atoms with Gasteiger partial charge in [0.2, 0.25) is 0 Å². The normalized spacial score (nSPS) is 11.9. The highest BCUT2D eigenvalue weighted by molar-refractivity contribution is 9.10. The van der Waals surface area contributed by atoms with Gasteiger partial charge in [-0.25, -0.2) is 0 Å². The summed E-state index contributed by atoms with van der Waals surface area (Å²) >= 11 is 3.54. The Morgan fingerprint density at radius 2 is 2.00 bits per heavy atom. The Hall–Kier alpha value is -1.00. The fraction of sp³-hybridized carbons (Fsp3) is 0.529. The molecule has 1 aromatic carbocycles. The first-order valence-electron chi connectivity index (χ1n) is 7.29. The van der Waals surface area contributed by atoms with E-state index in [0.29, 0.717) is 5.92 Å². The molecule has 0 aromatic heterocycles. The Morgan fingerprint density at radius 1 is 1.29 bits per heavy atom. The molecule has 118 valence electrons. The zero-order valence-electron chi connectivity index (χ0n) is 13.6. The molecular formula is C17H26BrNO2. The molecule has 0 aliphatic rings. The summed E-state index contributed by atoms with van der Waals surface area (Å²) in [5, 5.41) is 3.44. The van der Waals surface area contributed by atoms with Gasteiger partial charge in [0.1, 0.15) is 16.0 Å². The van der Waals surface area contributed by atoms with Gasteiger partial charge in [0.25, 0.3) is 0 Å². The fourth-order valence-corrected chi connectivity index (χ4v) is 2.77. The van der Waals surface area contributed by atoms with Crippen LogP contribution in [0.1, 0.15) is 32.8 Å². The summed E-state index contributed by atoms with van der Waals surface area (Å²) < 4.78 is 11.7. The van der Waals surface area contributed by atoms with Crippen molar-refractivity contribution in [3.63, 3.8) is 0 Å². The predicted octanol–water partition coefficient (Wildman–Crippen LogP) is 4.51. The standard InChI is InChI=1S/C17H26BrNO2/c1-12(2)11-19-10-6-7-13(3)14-8-9-15(20-4)16(18)17(14)21-5/h7-9,12,19H,6,10-11H2,1-5H3/b13-7+. The molecule has 0 fully saturated rings. The smallest absolute Gasteiger partial charge is 0.144 e. The van der Waals surface area contributed by atoms with Gasteiger partial charge in [0.05, 0.1) is 14.2 Å². The van der Waals surface area contributed by atoms with Gasteiger partial charge >= 0.3 is 0 Å². The molecule has 0 saturated carbocycles. The second-order valence-electron chi connectivity index (χ2n) is 5.44. The third kappa shape index (κ3) is 5.36. The van der Waals surface area contributed by atoms with E-state index in [1.807, 2.05) is 12.1 Å². The number of methoxy groups -OCH3 is 2. The van der Waals surface area contributed by atoms with Gasteiger partial charge in [-0.2, -0.15) is 0 Å². The van der Waals surface area contributed by atoms with Crippen molar-refractivity contribution in [2.45, 2.75) is 27.2 Å². The van der Waals surface area contributed by atoms with Crippen molar-refractivity contribution in [3.8, 4) is 11.5 Å². The van der Waals surface area contributed by atoms with Crippen molar-refractivity contribution in [2.75, 3.05) is 27.3 Å². The molecule has 4 heteroatoms.